The van der Waals surface area contributed by atoms with Gasteiger partial charge in [0.2, 0.25) is 6.17 Å². The van der Waals surface area contributed by atoms with E-state index in [0.717, 1.165) is 0 Å². The molecule has 1 saturated heterocycles. The van der Waals surface area contributed by atoms with Crippen molar-refractivity contribution in [1.29, 1.82) is 0 Å². The predicted molar refractivity (Wildman–Crippen MR) is 60.4 cm³/mol. The third kappa shape index (κ3) is 3.16. The third-order valence-electron chi connectivity index (χ3n) is 3.38. The summed E-state index contributed by atoms with van der Waals surface area (Å²) in [4.78, 5) is 11.3. The highest BCUT2D eigenvalue weighted by atomic mass is 19.1. The molecule has 3 unspecified atom stereocenters. The summed E-state index contributed by atoms with van der Waals surface area (Å²) in [6.45, 7) is 5.69. The molecule has 0 bridgehead atoms. The first-order valence-electron chi connectivity index (χ1n) is 6.04. The molecule has 0 aliphatic carbocycles. The summed E-state index contributed by atoms with van der Waals surface area (Å²) in [5, 5.41) is 10.2. The van der Waals surface area contributed by atoms with Gasteiger partial charge in [-0.15, -0.1) is 0 Å². The molecule has 0 aromatic heterocycles. The Bertz CT molecular complexity index is 284. The molecule has 1 aliphatic heterocycles. The molecule has 1 fully saturated rings. The normalized spacial score (nSPS) is 35.4. The minimum absolute atomic E-state index is 0.108. The van der Waals surface area contributed by atoms with Crippen LogP contribution in [0.4, 0.5) is 4.39 Å². The van der Waals surface area contributed by atoms with Crippen molar-refractivity contribution in [2.75, 3.05) is 13.2 Å². The first kappa shape index (κ1) is 14.4. The fourth-order valence-electron chi connectivity index (χ4n) is 2.14. The molecular weight excluding hydrogens is 227 g/mol. The second-order valence-corrected chi connectivity index (χ2v) is 4.80. The maximum atomic E-state index is 14.0. The van der Waals surface area contributed by atoms with Crippen LogP contribution in [0.3, 0.4) is 0 Å². The number of ether oxygens (including phenoxy) is 2. The minimum atomic E-state index is -2.00. The van der Waals surface area contributed by atoms with Crippen LogP contribution in [0.1, 0.15) is 40.0 Å². The van der Waals surface area contributed by atoms with Gasteiger partial charge in [-0.2, -0.15) is 0 Å². The van der Waals surface area contributed by atoms with Gasteiger partial charge in [-0.05, 0) is 20.3 Å². The molecule has 4 nitrogen and oxygen atoms in total. The van der Waals surface area contributed by atoms with Gasteiger partial charge in [0.05, 0.1) is 18.8 Å². The number of hydrogen-bond donors (Lipinski definition) is 1. The Kier molecular flexibility index (Phi) is 4.49. The second kappa shape index (κ2) is 5.31. The first-order chi connectivity index (χ1) is 7.87. The van der Waals surface area contributed by atoms with Crippen molar-refractivity contribution in [3.05, 3.63) is 0 Å². The van der Waals surface area contributed by atoms with Gasteiger partial charge in [0.15, 0.2) is 0 Å². The number of aliphatic hydroxyl groups is 1. The highest BCUT2D eigenvalue weighted by Gasteiger charge is 2.50. The van der Waals surface area contributed by atoms with Gasteiger partial charge in [0.25, 0.3) is 0 Å². The van der Waals surface area contributed by atoms with Gasteiger partial charge in [0, 0.05) is 12.8 Å². The van der Waals surface area contributed by atoms with E-state index in [1.807, 2.05) is 13.8 Å². The van der Waals surface area contributed by atoms with Gasteiger partial charge in [-0.3, -0.25) is 0 Å². The average Bonchev–Trinajstić information content (AvgIpc) is 2.28. The molecule has 100 valence electrons. The molecule has 1 aliphatic rings. The van der Waals surface area contributed by atoms with E-state index in [2.05, 4.69) is 4.74 Å². The summed E-state index contributed by atoms with van der Waals surface area (Å²) in [5.41, 5.74) is -2.25. The lowest BCUT2D eigenvalue weighted by molar-refractivity contribution is -0.192. The summed E-state index contributed by atoms with van der Waals surface area (Å²) in [6.07, 6.45) is -1.12. The van der Waals surface area contributed by atoms with E-state index < -0.39 is 23.3 Å². The summed E-state index contributed by atoms with van der Waals surface area (Å²) in [7, 11) is 0. The SMILES string of the molecule is CCOC(=O)C(F)C1(O)CCOC(C)(CC)C1. The van der Waals surface area contributed by atoms with Crippen molar-refractivity contribution in [2.24, 2.45) is 0 Å². The quantitative estimate of drug-likeness (QED) is 0.768. The summed E-state index contributed by atoms with van der Waals surface area (Å²) >= 11 is 0. The third-order valence-corrected chi connectivity index (χ3v) is 3.38. The van der Waals surface area contributed by atoms with Crippen molar-refractivity contribution in [3.63, 3.8) is 0 Å². The lowest BCUT2D eigenvalue weighted by atomic mass is 9.79. The Hall–Kier alpha value is -0.680. The molecule has 1 heterocycles. The minimum Gasteiger partial charge on any atom is -0.464 e. The zero-order valence-electron chi connectivity index (χ0n) is 10.7. The molecule has 0 aromatic carbocycles. The molecule has 17 heavy (non-hydrogen) atoms. The Balaban J connectivity index is 2.76. The smallest absolute Gasteiger partial charge is 0.343 e. The largest absolute Gasteiger partial charge is 0.464 e. The maximum absolute atomic E-state index is 14.0. The maximum Gasteiger partial charge on any atom is 0.343 e. The topological polar surface area (TPSA) is 55.8 Å². The van der Waals surface area contributed by atoms with Crippen LogP contribution in [-0.2, 0) is 14.3 Å². The van der Waals surface area contributed by atoms with E-state index in [1.54, 1.807) is 6.92 Å². The van der Waals surface area contributed by atoms with Crippen LogP contribution in [0.5, 0.6) is 0 Å². The van der Waals surface area contributed by atoms with Gasteiger partial charge >= 0.3 is 5.97 Å². The summed E-state index contributed by atoms with van der Waals surface area (Å²) < 4.78 is 24.1. The molecule has 0 radical (unpaired) electrons. The van der Waals surface area contributed by atoms with Crippen LogP contribution < -0.4 is 0 Å². The van der Waals surface area contributed by atoms with Gasteiger partial charge in [-0.1, -0.05) is 6.92 Å². The van der Waals surface area contributed by atoms with Crippen LogP contribution in [0.15, 0.2) is 0 Å². The van der Waals surface area contributed by atoms with Crippen molar-refractivity contribution in [2.45, 2.75) is 57.4 Å². The highest BCUT2D eigenvalue weighted by Crippen LogP contribution is 2.37. The monoisotopic (exact) mass is 248 g/mol. The standard InChI is InChI=1S/C12H21FO4/c1-4-11(3)8-12(15,6-7-17-11)9(13)10(14)16-5-2/h9,15H,4-8H2,1-3H3. The fraction of sp³-hybridized carbons (Fsp3) is 0.917. The van der Waals surface area contributed by atoms with Crippen molar-refractivity contribution in [3.8, 4) is 0 Å². The van der Waals surface area contributed by atoms with Crippen molar-refractivity contribution < 1.29 is 23.8 Å². The number of esters is 1. The van der Waals surface area contributed by atoms with E-state index in [1.165, 1.54) is 0 Å². The van der Waals surface area contributed by atoms with Crippen molar-refractivity contribution >= 4 is 5.97 Å². The molecule has 0 aromatic rings. The lowest BCUT2D eigenvalue weighted by Gasteiger charge is -2.43. The van der Waals surface area contributed by atoms with E-state index >= 15 is 0 Å². The predicted octanol–water partition coefficient (Wildman–Crippen LogP) is 1.60. The highest BCUT2D eigenvalue weighted by molar-refractivity contribution is 5.76. The van der Waals surface area contributed by atoms with Crippen LogP contribution in [0.2, 0.25) is 0 Å². The Morgan fingerprint density at radius 1 is 1.59 bits per heavy atom. The second-order valence-electron chi connectivity index (χ2n) is 4.80. The fourth-order valence-corrected chi connectivity index (χ4v) is 2.14. The number of rotatable bonds is 4. The zero-order valence-corrected chi connectivity index (χ0v) is 10.7. The van der Waals surface area contributed by atoms with Crippen LogP contribution in [0.25, 0.3) is 0 Å². The first-order valence-corrected chi connectivity index (χ1v) is 6.04. The molecule has 1 rings (SSSR count). The van der Waals surface area contributed by atoms with Gasteiger partial charge in [0.1, 0.15) is 5.60 Å². The van der Waals surface area contributed by atoms with Crippen LogP contribution >= 0.6 is 0 Å². The summed E-state index contributed by atoms with van der Waals surface area (Å²) in [5.74, 6) is -0.990. The number of halogens is 1. The Labute approximate surface area is 101 Å². The van der Waals surface area contributed by atoms with Gasteiger partial charge < -0.3 is 14.6 Å². The molecule has 5 heteroatoms. The number of alkyl halides is 1. The Morgan fingerprint density at radius 2 is 2.24 bits per heavy atom. The molecular formula is C12H21FO4. The van der Waals surface area contributed by atoms with Crippen LogP contribution in [-0.4, -0.2) is 41.7 Å². The molecule has 1 N–H and O–H groups in total. The summed E-state index contributed by atoms with van der Waals surface area (Å²) in [6, 6.07) is 0. The van der Waals surface area contributed by atoms with E-state index in [9.17, 15) is 14.3 Å². The Morgan fingerprint density at radius 3 is 2.76 bits per heavy atom. The molecule has 3 atom stereocenters. The average molecular weight is 248 g/mol. The van der Waals surface area contributed by atoms with Gasteiger partial charge in [-0.25, -0.2) is 9.18 Å². The molecule has 0 saturated carbocycles. The molecule has 0 amide bonds. The van der Waals surface area contributed by atoms with E-state index in [-0.39, 0.29) is 26.1 Å². The van der Waals surface area contributed by atoms with Crippen LogP contribution in [0, 0.1) is 0 Å². The van der Waals surface area contributed by atoms with E-state index in [4.69, 9.17) is 4.74 Å². The van der Waals surface area contributed by atoms with Crippen molar-refractivity contribution in [1.82, 2.24) is 0 Å². The number of carbonyl (C=O) groups excluding carboxylic acids is 1. The lowest BCUT2D eigenvalue weighted by Crippen LogP contribution is -2.54. The number of hydrogen-bond acceptors (Lipinski definition) is 4. The number of carbonyl (C=O) groups is 1. The van der Waals surface area contributed by atoms with E-state index in [0.29, 0.717) is 6.42 Å². The zero-order chi connectivity index (χ0) is 13.1. The molecule has 0 spiro atoms.